The number of hydrogen-bond donors (Lipinski definition) is 0. The maximum atomic E-state index is 6.05. The summed E-state index contributed by atoms with van der Waals surface area (Å²) in [5.74, 6) is 0. The van der Waals surface area contributed by atoms with Gasteiger partial charge >= 0.3 is 0 Å². The van der Waals surface area contributed by atoms with Crippen LogP contribution in [0.15, 0.2) is 60.7 Å². The zero-order chi connectivity index (χ0) is 16.4. The normalized spacial score (nSPS) is 11.2. The minimum Gasteiger partial charge on any atom is -0.314 e. The molecule has 2 aromatic carbocycles. The van der Waals surface area contributed by atoms with Gasteiger partial charge in [-0.05, 0) is 62.5 Å². The van der Waals surface area contributed by atoms with Gasteiger partial charge in [0.25, 0.3) is 0 Å². The predicted octanol–water partition coefficient (Wildman–Crippen LogP) is 5.17. The van der Waals surface area contributed by atoms with Crippen molar-refractivity contribution >= 4 is 11.6 Å². The van der Waals surface area contributed by atoms with Gasteiger partial charge in [-0.25, -0.2) is 0 Å². The first-order valence-electron chi connectivity index (χ1n) is 7.73. The molecule has 0 fully saturated rings. The van der Waals surface area contributed by atoms with E-state index in [4.69, 9.17) is 11.6 Å². The Bertz CT molecular complexity index is 787. The fraction of sp³-hybridized carbons (Fsp3) is 0.200. The molecule has 3 heteroatoms. The van der Waals surface area contributed by atoms with E-state index in [1.807, 2.05) is 18.2 Å². The van der Waals surface area contributed by atoms with E-state index in [2.05, 4.69) is 73.0 Å². The molecule has 0 unspecified atom stereocenters. The van der Waals surface area contributed by atoms with Crippen LogP contribution < -0.4 is 0 Å². The highest BCUT2D eigenvalue weighted by atomic mass is 35.5. The minimum atomic E-state index is 0.758. The summed E-state index contributed by atoms with van der Waals surface area (Å²) < 4.78 is 2.31. The van der Waals surface area contributed by atoms with Crippen LogP contribution in [0.4, 0.5) is 0 Å². The average Bonchev–Trinajstić information content (AvgIpc) is 2.85. The Morgan fingerprint density at radius 2 is 1.61 bits per heavy atom. The summed E-state index contributed by atoms with van der Waals surface area (Å²) in [6.07, 6.45) is 0. The SMILES string of the molecule is Cc1c(CN(C)C)cc(-c2ccccc2)n1-c1ccc(Cl)cc1. The van der Waals surface area contributed by atoms with Crippen LogP contribution in [-0.2, 0) is 6.54 Å². The van der Waals surface area contributed by atoms with Crippen molar-refractivity contribution in [3.8, 4) is 16.9 Å². The third kappa shape index (κ3) is 3.34. The molecule has 0 bridgehead atoms. The third-order valence-corrected chi connectivity index (χ3v) is 4.24. The molecular formula is C20H21ClN2. The van der Waals surface area contributed by atoms with Gasteiger partial charge in [0.2, 0.25) is 0 Å². The molecular weight excluding hydrogens is 304 g/mol. The molecule has 0 spiro atoms. The Hall–Kier alpha value is -2.03. The van der Waals surface area contributed by atoms with Gasteiger partial charge in [0, 0.05) is 22.9 Å². The smallest absolute Gasteiger partial charge is 0.0534 e. The highest BCUT2D eigenvalue weighted by molar-refractivity contribution is 6.30. The van der Waals surface area contributed by atoms with Crippen LogP contribution in [0.25, 0.3) is 16.9 Å². The first kappa shape index (κ1) is 15.9. The Balaban J connectivity index is 2.19. The molecule has 118 valence electrons. The van der Waals surface area contributed by atoms with Gasteiger partial charge in [-0.1, -0.05) is 41.9 Å². The number of rotatable bonds is 4. The van der Waals surface area contributed by atoms with Crippen LogP contribution in [-0.4, -0.2) is 23.6 Å². The van der Waals surface area contributed by atoms with Crippen molar-refractivity contribution in [3.63, 3.8) is 0 Å². The molecule has 0 N–H and O–H groups in total. The van der Waals surface area contributed by atoms with Gasteiger partial charge in [0.05, 0.1) is 5.69 Å². The Morgan fingerprint density at radius 3 is 2.22 bits per heavy atom. The van der Waals surface area contributed by atoms with Crippen molar-refractivity contribution in [1.82, 2.24) is 9.47 Å². The molecule has 0 atom stereocenters. The van der Waals surface area contributed by atoms with E-state index in [1.165, 1.54) is 22.5 Å². The van der Waals surface area contributed by atoms with Crippen molar-refractivity contribution in [1.29, 1.82) is 0 Å². The number of hydrogen-bond acceptors (Lipinski definition) is 1. The number of halogens is 1. The Labute approximate surface area is 142 Å². The molecule has 3 aromatic rings. The molecule has 0 aliphatic heterocycles. The lowest BCUT2D eigenvalue weighted by molar-refractivity contribution is 0.401. The fourth-order valence-electron chi connectivity index (χ4n) is 2.90. The molecule has 0 radical (unpaired) electrons. The predicted molar refractivity (Wildman–Crippen MR) is 98.3 cm³/mol. The van der Waals surface area contributed by atoms with Crippen LogP contribution in [0, 0.1) is 6.92 Å². The zero-order valence-corrected chi connectivity index (χ0v) is 14.5. The molecule has 0 aliphatic rings. The summed E-state index contributed by atoms with van der Waals surface area (Å²) in [5.41, 5.74) is 6.16. The fourth-order valence-corrected chi connectivity index (χ4v) is 3.03. The molecule has 3 rings (SSSR count). The molecule has 0 saturated carbocycles. The van der Waals surface area contributed by atoms with Gasteiger partial charge in [-0.2, -0.15) is 0 Å². The summed E-state index contributed by atoms with van der Waals surface area (Å²) in [4.78, 5) is 2.20. The second-order valence-corrected chi connectivity index (χ2v) is 6.49. The van der Waals surface area contributed by atoms with Crippen molar-refractivity contribution in [2.75, 3.05) is 14.1 Å². The Kier molecular flexibility index (Phi) is 4.56. The molecule has 2 nitrogen and oxygen atoms in total. The topological polar surface area (TPSA) is 8.17 Å². The molecule has 1 aromatic heterocycles. The second kappa shape index (κ2) is 6.61. The van der Waals surface area contributed by atoms with Gasteiger partial charge in [-0.3, -0.25) is 0 Å². The van der Waals surface area contributed by atoms with Gasteiger partial charge in [0.1, 0.15) is 0 Å². The highest BCUT2D eigenvalue weighted by Crippen LogP contribution is 2.30. The van der Waals surface area contributed by atoms with Crippen LogP contribution >= 0.6 is 11.6 Å². The van der Waals surface area contributed by atoms with E-state index in [0.29, 0.717) is 0 Å². The number of nitrogens with zero attached hydrogens (tertiary/aromatic N) is 2. The lowest BCUT2D eigenvalue weighted by Gasteiger charge is -2.13. The molecule has 0 saturated heterocycles. The summed E-state index contributed by atoms with van der Waals surface area (Å²) in [6, 6.07) is 20.8. The second-order valence-electron chi connectivity index (χ2n) is 6.06. The molecule has 0 amide bonds. The largest absolute Gasteiger partial charge is 0.314 e. The van der Waals surface area contributed by atoms with E-state index >= 15 is 0 Å². The van der Waals surface area contributed by atoms with Crippen molar-refractivity contribution in [3.05, 3.63) is 76.9 Å². The first-order valence-corrected chi connectivity index (χ1v) is 8.11. The third-order valence-electron chi connectivity index (χ3n) is 3.99. The number of benzene rings is 2. The van der Waals surface area contributed by atoms with Crippen molar-refractivity contribution in [2.24, 2.45) is 0 Å². The standard InChI is InChI=1S/C20H21ClN2/c1-15-17(14-22(2)3)13-20(16-7-5-4-6-8-16)23(15)19-11-9-18(21)10-12-19/h4-13H,14H2,1-3H3. The summed E-state index contributed by atoms with van der Waals surface area (Å²) >= 11 is 6.05. The van der Waals surface area contributed by atoms with E-state index in [1.54, 1.807) is 0 Å². The summed E-state index contributed by atoms with van der Waals surface area (Å²) in [5, 5.41) is 0.758. The minimum absolute atomic E-state index is 0.758. The van der Waals surface area contributed by atoms with Crippen molar-refractivity contribution < 1.29 is 0 Å². The van der Waals surface area contributed by atoms with E-state index in [-0.39, 0.29) is 0 Å². The molecule has 0 aliphatic carbocycles. The van der Waals surface area contributed by atoms with Crippen LogP contribution in [0.3, 0.4) is 0 Å². The lowest BCUT2D eigenvalue weighted by atomic mass is 10.1. The summed E-state index contributed by atoms with van der Waals surface area (Å²) in [6.45, 7) is 3.10. The Morgan fingerprint density at radius 1 is 0.957 bits per heavy atom. The highest BCUT2D eigenvalue weighted by Gasteiger charge is 2.15. The maximum absolute atomic E-state index is 6.05. The molecule has 23 heavy (non-hydrogen) atoms. The van der Waals surface area contributed by atoms with Crippen molar-refractivity contribution in [2.45, 2.75) is 13.5 Å². The summed E-state index contributed by atoms with van der Waals surface area (Å²) in [7, 11) is 4.20. The average molecular weight is 325 g/mol. The van der Waals surface area contributed by atoms with Crippen LogP contribution in [0.5, 0.6) is 0 Å². The number of aromatic nitrogens is 1. The first-order chi connectivity index (χ1) is 11.1. The monoisotopic (exact) mass is 324 g/mol. The van der Waals surface area contributed by atoms with Gasteiger partial charge < -0.3 is 9.47 Å². The van der Waals surface area contributed by atoms with Crippen LogP contribution in [0.1, 0.15) is 11.3 Å². The molecule has 1 heterocycles. The van der Waals surface area contributed by atoms with E-state index in [9.17, 15) is 0 Å². The van der Waals surface area contributed by atoms with E-state index < -0.39 is 0 Å². The van der Waals surface area contributed by atoms with Gasteiger partial charge in [0.15, 0.2) is 0 Å². The van der Waals surface area contributed by atoms with Crippen LogP contribution in [0.2, 0.25) is 5.02 Å². The van der Waals surface area contributed by atoms with E-state index in [0.717, 1.165) is 17.3 Å². The maximum Gasteiger partial charge on any atom is 0.0534 e. The zero-order valence-electron chi connectivity index (χ0n) is 13.8. The van der Waals surface area contributed by atoms with Gasteiger partial charge in [-0.15, -0.1) is 0 Å². The quantitative estimate of drug-likeness (QED) is 0.643. The lowest BCUT2D eigenvalue weighted by Crippen LogP contribution is -2.11.